The molecular formula is C20H23N3O2. The standard InChI is InChI=1S/C20H23N3O2/c1-4-17(20(24)25)23-18(10-9-15-7-5-13(2)6-8-15)22-16-11-14(3)12-21-19(16)23/h5-8,11-12,17H,4,9-10H2,1-3H3,(H,24,25). The monoisotopic (exact) mass is 337 g/mol. The molecule has 1 atom stereocenters. The highest BCUT2D eigenvalue weighted by Crippen LogP contribution is 2.24. The van der Waals surface area contributed by atoms with Gasteiger partial charge in [-0.1, -0.05) is 36.8 Å². The number of imidazole rings is 1. The lowest BCUT2D eigenvalue weighted by molar-refractivity contribution is -0.141. The molecule has 0 saturated carbocycles. The fraction of sp³-hybridized carbons (Fsp3) is 0.350. The number of hydrogen-bond donors (Lipinski definition) is 1. The van der Waals surface area contributed by atoms with Crippen molar-refractivity contribution in [1.29, 1.82) is 0 Å². The van der Waals surface area contributed by atoms with Crippen LogP contribution in [0.4, 0.5) is 0 Å². The highest BCUT2D eigenvalue weighted by atomic mass is 16.4. The van der Waals surface area contributed by atoms with E-state index in [1.165, 1.54) is 11.1 Å². The molecule has 3 rings (SSSR count). The Morgan fingerprint density at radius 2 is 1.88 bits per heavy atom. The molecule has 3 aromatic rings. The van der Waals surface area contributed by atoms with Gasteiger partial charge in [0, 0.05) is 12.6 Å². The molecule has 1 aromatic carbocycles. The van der Waals surface area contributed by atoms with Crippen molar-refractivity contribution < 1.29 is 9.90 Å². The Morgan fingerprint density at radius 1 is 1.16 bits per heavy atom. The molecule has 2 aromatic heterocycles. The Hall–Kier alpha value is -2.69. The minimum atomic E-state index is -0.847. The van der Waals surface area contributed by atoms with Crippen molar-refractivity contribution >= 4 is 17.1 Å². The minimum absolute atomic E-state index is 0.494. The molecule has 0 aliphatic heterocycles. The van der Waals surface area contributed by atoms with Gasteiger partial charge in [-0.3, -0.25) is 4.57 Å². The Morgan fingerprint density at radius 3 is 2.52 bits per heavy atom. The summed E-state index contributed by atoms with van der Waals surface area (Å²) >= 11 is 0. The zero-order chi connectivity index (χ0) is 18.0. The summed E-state index contributed by atoms with van der Waals surface area (Å²) < 4.78 is 1.80. The van der Waals surface area contributed by atoms with E-state index in [9.17, 15) is 9.90 Å². The van der Waals surface area contributed by atoms with Crippen LogP contribution in [0, 0.1) is 13.8 Å². The van der Waals surface area contributed by atoms with E-state index in [0.29, 0.717) is 18.5 Å². The number of rotatable bonds is 6. The van der Waals surface area contributed by atoms with E-state index in [1.54, 1.807) is 10.8 Å². The largest absolute Gasteiger partial charge is 0.480 e. The van der Waals surface area contributed by atoms with Gasteiger partial charge in [0.05, 0.1) is 0 Å². The van der Waals surface area contributed by atoms with Gasteiger partial charge in [-0.05, 0) is 43.9 Å². The second kappa shape index (κ2) is 7.05. The van der Waals surface area contributed by atoms with Gasteiger partial charge in [-0.2, -0.15) is 0 Å². The van der Waals surface area contributed by atoms with Crippen molar-refractivity contribution in [1.82, 2.24) is 14.5 Å². The summed E-state index contributed by atoms with van der Waals surface area (Å²) in [7, 11) is 0. The normalized spacial score (nSPS) is 12.4. The Kier molecular flexibility index (Phi) is 4.83. The first-order valence-corrected chi connectivity index (χ1v) is 8.61. The fourth-order valence-electron chi connectivity index (χ4n) is 3.11. The Balaban J connectivity index is 2.00. The average molecular weight is 337 g/mol. The average Bonchev–Trinajstić information content (AvgIpc) is 2.92. The smallest absolute Gasteiger partial charge is 0.326 e. The Labute approximate surface area is 147 Å². The molecule has 130 valence electrons. The van der Waals surface area contributed by atoms with E-state index >= 15 is 0 Å². The van der Waals surface area contributed by atoms with Gasteiger partial charge < -0.3 is 5.11 Å². The summed E-state index contributed by atoms with van der Waals surface area (Å²) in [6.45, 7) is 5.91. The number of aryl methyl sites for hydroxylation is 4. The first-order chi connectivity index (χ1) is 12.0. The van der Waals surface area contributed by atoms with Crippen LogP contribution in [0.1, 0.15) is 41.9 Å². The number of hydrogen-bond acceptors (Lipinski definition) is 3. The molecule has 5 nitrogen and oxygen atoms in total. The molecular weight excluding hydrogens is 314 g/mol. The highest BCUT2D eigenvalue weighted by Gasteiger charge is 2.24. The number of carbonyl (C=O) groups is 1. The number of carboxylic acids is 1. The maximum Gasteiger partial charge on any atom is 0.326 e. The third-order valence-corrected chi connectivity index (χ3v) is 4.48. The lowest BCUT2D eigenvalue weighted by atomic mass is 10.1. The predicted molar refractivity (Wildman–Crippen MR) is 97.8 cm³/mol. The van der Waals surface area contributed by atoms with Crippen molar-refractivity contribution in [2.24, 2.45) is 0 Å². The molecule has 1 unspecified atom stereocenters. The molecule has 25 heavy (non-hydrogen) atoms. The first kappa shape index (κ1) is 17.1. The van der Waals surface area contributed by atoms with Crippen LogP contribution in [0.2, 0.25) is 0 Å². The predicted octanol–water partition coefficient (Wildman–Crippen LogP) is 3.87. The van der Waals surface area contributed by atoms with Crippen molar-refractivity contribution in [3.05, 3.63) is 59.0 Å². The summed E-state index contributed by atoms with van der Waals surface area (Å²) in [6.07, 6.45) is 3.76. The van der Waals surface area contributed by atoms with E-state index < -0.39 is 12.0 Å². The van der Waals surface area contributed by atoms with Crippen LogP contribution in [0.15, 0.2) is 36.5 Å². The molecule has 0 bridgehead atoms. The maximum atomic E-state index is 11.7. The lowest BCUT2D eigenvalue weighted by Crippen LogP contribution is -2.21. The summed E-state index contributed by atoms with van der Waals surface area (Å²) in [5.41, 5.74) is 4.88. The molecule has 5 heteroatoms. The van der Waals surface area contributed by atoms with E-state index in [-0.39, 0.29) is 0 Å². The quantitative estimate of drug-likeness (QED) is 0.741. The van der Waals surface area contributed by atoms with Crippen molar-refractivity contribution in [3.63, 3.8) is 0 Å². The number of benzene rings is 1. The van der Waals surface area contributed by atoms with Gasteiger partial charge in [0.2, 0.25) is 0 Å². The molecule has 0 aliphatic carbocycles. The van der Waals surface area contributed by atoms with Gasteiger partial charge in [0.25, 0.3) is 0 Å². The van der Waals surface area contributed by atoms with E-state index in [2.05, 4.69) is 36.2 Å². The van der Waals surface area contributed by atoms with Gasteiger partial charge in [0.15, 0.2) is 5.65 Å². The van der Waals surface area contributed by atoms with Gasteiger partial charge in [0.1, 0.15) is 17.4 Å². The van der Waals surface area contributed by atoms with Crippen LogP contribution >= 0.6 is 0 Å². The van der Waals surface area contributed by atoms with Crippen molar-refractivity contribution in [3.8, 4) is 0 Å². The first-order valence-electron chi connectivity index (χ1n) is 8.61. The molecule has 0 radical (unpaired) electrons. The number of pyridine rings is 1. The van der Waals surface area contributed by atoms with Crippen LogP contribution in [0.25, 0.3) is 11.2 Å². The third kappa shape index (κ3) is 3.55. The summed E-state index contributed by atoms with van der Waals surface area (Å²) in [6, 6.07) is 9.72. The molecule has 0 fully saturated rings. The lowest BCUT2D eigenvalue weighted by Gasteiger charge is -2.15. The topological polar surface area (TPSA) is 68.0 Å². The second-order valence-corrected chi connectivity index (χ2v) is 6.50. The molecule has 2 heterocycles. The maximum absolute atomic E-state index is 11.7. The van der Waals surface area contributed by atoms with Gasteiger partial charge >= 0.3 is 5.97 Å². The minimum Gasteiger partial charge on any atom is -0.480 e. The SMILES string of the molecule is CCC(C(=O)O)n1c(CCc2ccc(C)cc2)nc2cc(C)cnc21. The number of carboxylic acid groups (broad SMARTS) is 1. The van der Waals surface area contributed by atoms with Gasteiger partial charge in [-0.15, -0.1) is 0 Å². The molecule has 1 N–H and O–H groups in total. The van der Waals surface area contributed by atoms with Gasteiger partial charge in [-0.25, -0.2) is 14.8 Å². The Bertz CT molecular complexity index is 897. The summed E-state index contributed by atoms with van der Waals surface area (Å²) in [4.78, 5) is 20.9. The van der Waals surface area contributed by atoms with Crippen LogP contribution < -0.4 is 0 Å². The van der Waals surface area contributed by atoms with Crippen LogP contribution in [-0.4, -0.2) is 25.6 Å². The molecule has 0 saturated heterocycles. The number of fused-ring (bicyclic) bond motifs is 1. The molecule has 0 spiro atoms. The van der Waals surface area contributed by atoms with E-state index in [1.807, 2.05) is 19.9 Å². The number of aromatic nitrogens is 3. The summed E-state index contributed by atoms with van der Waals surface area (Å²) in [5, 5.41) is 9.62. The zero-order valence-electron chi connectivity index (χ0n) is 14.9. The number of nitrogens with zero attached hydrogens (tertiary/aromatic N) is 3. The summed E-state index contributed by atoms with van der Waals surface area (Å²) in [5.74, 6) is -0.0660. The second-order valence-electron chi connectivity index (χ2n) is 6.50. The van der Waals surface area contributed by atoms with Crippen LogP contribution in [-0.2, 0) is 17.6 Å². The van der Waals surface area contributed by atoms with Crippen LogP contribution in [0.5, 0.6) is 0 Å². The van der Waals surface area contributed by atoms with E-state index in [0.717, 1.165) is 23.3 Å². The van der Waals surface area contributed by atoms with Crippen molar-refractivity contribution in [2.75, 3.05) is 0 Å². The van der Waals surface area contributed by atoms with Crippen molar-refractivity contribution in [2.45, 2.75) is 46.1 Å². The third-order valence-electron chi connectivity index (χ3n) is 4.48. The fourth-order valence-corrected chi connectivity index (χ4v) is 3.11. The molecule has 0 amide bonds. The zero-order valence-corrected chi connectivity index (χ0v) is 14.9. The number of aliphatic carboxylic acids is 1. The highest BCUT2D eigenvalue weighted by molar-refractivity contribution is 5.78. The molecule has 0 aliphatic rings. The van der Waals surface area contributed by atoms with Crippen LogP contribution in [0.3, 0.4) is 0 Å². The van der Waals surface area contributed by atoms with E-state index in [4.69, 9.17) is 4.98 Å².